The number of aromatic nitrogens is 1. The standard InChI is InChI=1S/C14H18N2O4S3/c1-2-23(19,20)16-8-7-11(9-16)10-22(17,18)14-15-12-5-3-4-6-13(12)21-14/h3-6,11H,2,7-10H2,1H3. The third-order valence-electron chi connectivity index (χ3n) is 4.00. The highest BCUT2D eigenvalue weighted by Gasteiger charge is 2.34. The van der Waals surface area contributed by atoms with Gasteiger partial charge >= 0.3 is 0 Å². The summed E-state index contributed by atoms with van der Waals surface area (Å²) in [5.41, 5.74) is 0.678. The number of sulfonamides is 1. The maximum absolute atomic E-state index is 12.6. The molecule has 0 bridgehead atoms. The van der Waals surface area contributed by atoms with E-state index >= 15 is 0 Å². The Morgan fingerprint density at radius 3 is 2.70 bits per heavy atom. The SMILES string of the molecule is CCS(=O)(=O)N1CCC(CS(=O)(=O)c2nc3ccccc3s2)C1. The third kappa shape index (κ3) is 3.42. The fraction of sp³-hybridized carbons (Fsp3) is 0.500. The fourth-order valence-corrected chi connectivity index (χ4v) is 6.87. The second kappa shape index (κ2) is 6.12. The Morgan fingerprint density at radius 1 is 1.26 bits per heavy atom. The Bertz CT molecular complexity index is 885. The number of benzene rings is 1. The summed E-state index contributed by atoms with van der Waals surface area (Å²) < 4.78 is 51.2. The van der Waals surface area contributed by atoms with Gasteiger partial charge in [0, 0.05) is 13.1 Å². The second-order valence-corrected chi connectivity index (χ2v) is 11.1. The highest BCUT2D eigenvalue weighted by molar-refractivity contribution is 7.93. The van der Waals surface area contributed by atoms with Crippen LogP contribution in [0.25, 0.3) is 10.2 Å². The molecule has 1 saturated heterocycles. The van der Waals surface area contributed by atoms with Crippen LogP contribution in [-0.2, 0) is 19.9 Å². The summed E-state index contributed by atoms with van der Waals surface area (Å²) in [5.74, 6) is -0.180. The van der Waals surface area contributed by atoms with E-state index in [1.807, 2.05) is 18.2 Å². The molecule has 0 N–H and O–H groups in total. The average molecular weight is 375 g/mol. The van der Waals surface area contributed by atoms with Crippen molar-refractivity contribution >= 4 is 41.4 Å². The summed E-state index contributed by atoms with van der Waals surface area (Å²) >= 11 is 1.17. The zero-order valence-corrected chi connectivity index (χ0v) is 15.1. The lowest BCUT2D eigenvalue weighted by atomic mass is 10.2. The number of rotatable bonds is 5. The zero-order valence-electron chi connectivity index (χ0n) is 12.7. The van der Waals surface area contributed by atoms with Gasteiger partial charge in [-0.3, -0.25) is 0 Å². The molecule has 1 aliphatic heterocycles. The van der Waals surface area contributed by atoms with Gasteiger partial charge in [-0.15, -0.1) is 11.3 Å². The van der Waals surface area contributed by atoms with Gasteiger partial charge in [-0.1, -0.05) is 12.1 Å². The van der Waals surface area contributed by atoms with Gasteiger partial charge in [0.1, 0.15) is 0 Å². The first-order valence-electron chi connectivity index (χ1n) is 7.38. The van der Waals surface area contributed by atoms with E-state index in [4.69, 9.17) is 0 Å². The quantitative estimate of drug-likeness (QED) is 0.796. The molecule has 0 saturated carbocycles. The van der Waals surface area contributed by atoms with Crippen LogP contribution in [0.15, 0.2) is 28.6 Å². The molecule has 0 radical (unpaired) electrons. The molecule has 1 fully saturated rings. The van der Waals surface area contributed by atoms with E-state index < -0.39 is 19.9 Å². The molecule has 2 aromatic rings. The van der Waals surface area contributed by atoms with Gasteiger partial charge < -0.3 is 0 Å². The number of para-hydroxylation sites is 1. The molecule has 0 spiro atoms. The van der Waals surface area contributed by atoms with Crippen LogP contribution >= 0.6 is 11.3 Å². The van der Waals surface area contributed by atoms with Crippen LogP contribution in [0.4, 0.5) is 0 Å². The van der Waals surface area contributed by atoms with Gasteiger partial charge in [0.2, 0.25) is 24.2 Å². The van der Waals surface area contributed by atoms with Crippen LogP contribution in [0.2, 0.25) is 0 Å². The van der Waals surface area contributed by atoms with Crippen LogP contribution in [0, 0.1) is 5.92 Å². The van der Waals surface area contributed by atoms with Gasteiger partial charge in [-0.25, -0.2) is 26.1 Å². The molecule has 9 heteroatoms. The van der Waals surface area contributed by atoms with Crippen molar-refractivity contribution in [2.24, 2.45) is 5.92 Å². The van der Waals surface area contributed by atoms with E-state index in [0.717, 1.165) is 4.70 Å². The van der Waals surface area contributed by atoms with Gasteiger partial charge in [0.05, 0.1) is 21.7 Å². The molecular formula is C14H18N2O4S3. The zero-order chi connectivity index (χ0) is 16.7. The normalized spacial score (nSPS) is 20.3. The number of fused-ring (bicyclic) bond motifs is 1. The molecule has 1 aliphatic rings. The molecular weight excluding hydrogens is 356 g/mol. The molecule has 0 aliphatic carbocycles. The first-order chi connectivity index (χ1) is 10.8. The second-order valence-electron chi connectivity index (χ2n) is 5.64. The lowest BCUT2D eigenvalue weighted by Crippen LogP contribution is -2.31. The first kappa shape index (κ1) is 16.8. The number of hydrogen-bond donors (Lipinski definition) is 0. The maximum Gasteiger partial charge on any atom is 0.213 e. The summed E-state index contributed by atoms with van der Waals surface area (Å²) in [5, 5.41) is 0. The predicted octanol–water partition coefficient (Wildman–Crippen LogP) is 1.74. The fourth-order valence-electron chi connectivity index (χ4n) is 2.73. The minimum absolute atomic E-state index is 0.0460. The largest absolute Gasteiger partial charge is 0.225 e. The monoisotopic (exact) mass is 374 g/mol. The molecule has 2 heterocycles. The Morgan fingerprint density at radius 2 is 2.00 bits per heavy atom. The lowest BCUT2D eigenvalue weighted by molar-refractivity contribution is 0.464. The van der Waals surface area contributed by atoms with Crippen LogP contribution in [0.1, 0.15) is 13.3 Å². The Hall–Kier alpha value is -1.03. The number of thiazole rings is 1. The van der Waals surface area contributed by atoms with Crippen LogP contribution in [0.3, 0.4) is 0 Å². The van der Waals surface area contributed by atoms with Crippen molar-refractivity contribution in [2.75, 3.05) is 24.6 Å². The molecule has 1 aromatic carbocycles. The topological polar surface area (TPSA) is 84.4 Å². The smallest absolute Gasteiger partial charge is 0.213 e. The number of hydrogen-bond acceptors (Lipinski definition) is 6. The van der Waals surface area contributed by atoms with E-state index in [0.29, 0.717) is 18.5 Å². The predicted molar refractivity (Wildman–Crippen MR) is 90.8 cm³/mol. The maximum atomic E-state index is 12.6. The van der Waals surface area contributed by atoms with Crippen molar-refractivity contribution in [3.8, 4) is 0 Å². The molecule has 1 unspecified atom stereocenters. The van der Waals surface area contributed by atoms with Crippen LogP contribution in [0.5, 0.6) is 0 Å². The summed E-state index contributed by atoms with van der Waals surface area (Å²) in [6, 6.07) is 7.30. The molecule has 1 aromatic heterocycles. The highest BCUT2D eigenvalue weighted by Crippen LogP contribution is 2.29. The number of sulfone groups is 1. The Labute approximate surface area is 140 Å². The number of nitrogens with zero attached hydrogens (tertiary/aromatic N) is 2. The third-order valence-corrected chi connectivity index (χ3v) is 9.23. The van der Waals surface area contributed by atoms with Crippen molar-refractivity contribution in [2.45, 2.75) is 17.7 Å². The molecule has 0 amide bonds. The lowest BCUT2D eigenvalue weighted by Gasteiger charge is -2.14. The Balaban J connectivity index is 1.77. The van der Waals surface area contributed by atoms with Crippen LogP contribution < -0.4 is 0 Å². The summed E-state index contributed by atoms with van der Waals surface area (Å²) in [7, 11) is -6.74. The minimum atomic E-state index is -3.50. The van der Waals surface area contributed by atoms with Crippen molar-refractivity contribution in [3.05, 3.63) is 24.3 Å². The molecule has 6 nitrogen and oxygen atoms in total. The minimum Gasteiger partial charge on any atom is -0.225 e. The van der Waals surface area contributed by atoms with Gasteiger partial charge in [0.25, 0.3) is 0 Å². The molecule has 126 valence electrons. The highest BCUT2D eigenvalue weighted by atomic mass is 32.2. The van der Waals surface area contributed by atoms with Gasteiger partial charge in [-0.05, 0) is 31.4 Å². The van der Waals surface area contributed by atoms with E-state index in [1.54, 1.807) is 13.0 Å². The van der Waals surface area contributed by atoms with E-state index in [2.05, 4.69) is 4.98 Å². The molecule has 1 atom stereocenters. The summed E-state index contributed by atoms with van der Waals surface area (Å²) in [6.07, 6.45) is 0.573. The van der Waals surface area contributed by atoms with Crippen molar-refractivity contribution in [1.82, 2.24) is 9.29 Å². The van der Waals surface area contributed by atoms with Crippen LogP contribution in [-0.4, -0.2) is 50.7 Å². The van der Waals surface area contributed by atoms with E-state index in [1.165, 1.54) is 15.6 Å². The van der Waals surface area contributed by atoms with Crippen molar-refractivity contribution < 1.29 is 16.8 Å². The van der Waals surface area contributed by atoms with E-state index in [-0.39, 0.29) is 28.3 Å². The van der Waals surface area contributed by atoms with E-state index in [9.17, 15) is 16.8 Å². The van der Waals surface area contributed by atoms with Gasteiger partial charge in [-0.2, -0.15) is 0 Å². The summed E-state index contributed by atoms with van der Waals surface area (Å²) in [6.45, 7) is 2.27. The Kier molecular flexibility index (Phi) is 4.47. The first-order valence-corrected chi connectivity index (χ1v) is 11.5. The van der Waals surface area contributed by atoms with Crippen molar-refractivity contribution in [3.63, 3.8) is 0 Å². The van der Waals surface area contributed by atoms with Gasteiger partial charge in [0.15, 0.2) is 0 Å². The average Bonchev–Trinajstić information content (AvgIpc) is 3.13. The molecule has 3 rings (SSSR count). The summed E-state index contributed by atoms with van der Waals surface area (Å²) in [4.78, 5) is 4.21. The molecule has 23 heavy (non-hydrogen) atoms. The van der Waals surface area contributed by atoms with Crippen molar-refractivity contribution in [1.29, 1.82) is 0 Å².